The molecule has 0 aliphatic carbocycles. The van der Waals surface area contributed by atoms with Crippen LogP contribution in [0.1, 0.15) is 17.5 Å². The molecule has 0 atom stereocenters. The van der Waals surface area contributed by atoms with Crippen LogP contribution < -0.4 is 9.64 Å². The molecule has 3 rings (SSSR count). The van der Waals surface area contributed by atoms with Crippen molar-refractivity contribution in [2.75, 3.05) is 18.6 Å². The maximum Gasteiger partial charge on any atom is 0.440 e. The third-order valence-corrected chi connectivity index (χ3v) is 3.78. The standard InChI is InChI=1S/C18H18N2O3/c1-22-16-10-8-14(9-11-16)13-19-23-18(21)20-12-4-6-15-5-2-3-7-17(15)20/h2-3,5,7-11,13H,4,6,12H2,1H3. The van der Waals surface area contributed by atoms with E-state index in [0.29, 0.717) is 6.54 Å². The minimum atomic E-state index is -0.457. The monoisotopic (exact) mass is 310 g/mol. The fourth-order valence-electron chi connectivity index (χ4n) is 2.59. The molecule has 1 aliphatic rings. The Morgan fingerprint density at radius 1 is 1.17 bits per heavy atom. The molecule has 1 amide bonds. The summed E-state index contributed by atoms with van der Waals surface area (Å²) in [5.74, 6) is 0.768. The summed E-state index contributed by atoms with van der Waals surface area (Å²) < 4.78 is 5.09. The SMILES string of the molecule is COc1ccc(C=NOC(=O)N2CCCc3ccccc32)cc1. The Hall–Kier alpha value is -2.82. The van der Waals surface area contributed by atoms with Gasteiger partial charge in [0.1, 0.15) is 5.75 Å². The molecule has 0 aromatic heterocycles. The third kappa shape index (κ3) is 3.51. The van der Waals surface area contributed by atoms with Crippen molar-refractivity contribution in [3.05, 3.63) is 59.7 Å². The van der Waals surface area contributed by atoms with Crippen molar-refractivity contribution in [1.29, 1.82) is 0 Å². The zero-order valence-electron chi connectivity index (χ0n) is 12.9. The van der Waals surface area contributed by atoms with Gasteiger partial charge in [0.15, 0.2) is 0 Å². The molecule has 0 radical (unpaired) electrons. The molecule has 1 aliphatic heterocycles. The molecule has 0 saturated carbocycles. The lowest BCUT2D eigenvalue weighted by molar-refractivity contribution is 0.158. The highest BCUT2D eigenvalue weighted by Gasteiger charge is 2.23. The van der Waals surface area contributed by atoms with Crippen molar-refractivity contribution < 1.29 is 14.4 Å². The predicted molar refractivity (Wildman–Crippen MR) is 89.2 cm³/mol. The van der Waals surface area contributed by atoms with Gasteiger partial charge in [0.25, 0.3) is 0 Å². The second-order valence-corrected chi connectivity index (χ2v) is 5.25. The maximum atomic E-state index is 12.2. The van der Waals surface area contributed by atoms with Crippen LogP contribution in [0.2, 0.25) is 0 Å². The molecule has 23 heavy (non-hydrogen) atoms. The fourth-order valence-corrected chi connectivity index (χ4v) is 2.59. The van der Waals surface area contributed by atoms with E-state index in [0.717, 1.165) is 35.4 Å². The smallest absolute Gasteiger partial charge is 0.440 e. The summed E-state index contributed by atoms with van der Waals surface area (Å²) in [7, 11) is 1.61. The van der Waals surface area contributed by atoms with Crippen molar-refractivity contribution in [3.8, 4) is 5.75 Å². The Labute approximate surface area is 135 Å². The average molecular weight is 310 g/mol. The van der Waals surface area contributed by atoms with E-state index in [-0.39, 0.29) is 0 Å². The molecule has 0 saturated heterocycles. The lowest BCUT2D eigenvalue weighted by Crippen LogP contribution is -2.35. The van der Waals surface area contributed by atoms with Crippen LogP contribution in [-0.2, 0) is 11.3 Å². The summed E-state index contributed by atoms with van der Waals surface area (Å²) in [5.41, 5.74) is 2.90. The van der Waals surface area contributed by atoms with Gasteiger partial charge >= 0.3 is 6.09 Å². The maximum absolute atomic E-state index is 12.2. The van der Waals surface area contributed by atoms with Gasteiger partial charge < -0.3 is 4.74 Å². The van der Waals surface area contributed by atoms with Gasteiger partial charge in [-0.15, -0.1) is 0 Å². The molecule has 118 valence electrons. The number of hydrogen-bond acceptors (Lipinski definition) is 4. The second kappa shape index (κ2) is 6.96. The summed E-state index contributed by atoms with van der Waals surface area (Å²) in [5, 5.41) is 3.79. The molecule has 1 heterocycles. The van der Waals surface area contributed by atoms with Gasteiger partial charge in [-0.1, -0.05) is 23.4 Å². The van der Waals surface area contributed by atoms with Crippen molar-refractivity contribution in [1.82, 2.24) is 0 Å². The molecular formula is C18H18N2O3. The van der Waals surface area contributed by atoms with Crippen molar-refractivity contribution >= 4 is 18.0 Å². The summed E-state index contributed by atoms with van der Waals surface area (Å²) in [6.07, 6.45) is 2.96. The van der Waals surface area contributed by atoms with E-state index in [9.17, 15) is 4.79 Å². The number of carbonyl (C=O) groups excluding carboxylic acids is 1. The highest BCUT2D eigenvalue weighted by atomic mass is 16.7. The van der Waals surface area contributed by atoms with Gasteiger partial charge in [-0.25, -0.2) is 4.79 Å². The van der Waals surface area contributed by atoms with E-state index >= 15 is 0 Å². The van der Waals surface area contributed by atoms with Crippen molar-refractivity contribution in [2.45, 2.75) is 12.8 Å². The quantitative estimate of drug-likeness (QED) is 0.494. The van der Waals surface area contributed by atoms with Crippen LogP contribution in [0.3, 0.4) is 0 Å². The fraction of sp³-hybridized carbons (Fsp3) is 0.222. The Bertz CT molecular complexity index is 710. The first-order valence-electron chi connectivity index (χ1n) is 7.52. The number of aryl methyl sites for hydroxylation is 1. The number of para-hydroxylation sites is 1. The number of methoxy groups -OCH3 is 1. The minimum absolute atomic E-state index is 0.457. The lowest BCUT2D eigenvalue weighted by Gasteiger charge is -2.27. The van der Waals surface area contributed by atoms with Crippen LogP contribution in [0, 0.1) is 0 Å². The molecule has 0 bridgehead atoms. The van der Waals surface area contributed by atoms with Crippen LogP contribution >= 0.6 is 0 Å². The molecular weight excluding hydrogens is 292 g/mol. The molecule has 5 nitrogen and oxygen atoms in total. The number of amides is 1. The number of nitrogens with zero attached hydrogens (tertiary/aromatic N) is 2. The highest BCUT2D eigenvalue weighted by Crippen LogP contribution is 2.27. The van der Waals surface area contributed by atoms with Crippen LogP contribution in [0.15, 0.2) is 53.7 Å². The molecule has 5 heteroatoms. The first-order chi connectivity index (χ1) is 11.3. The van der Waals surface area contributed by atoms with Gasteiger partial charge in [-0.3, -0.25) is 9.74 Å². The molecule has 2 aromatic rings. The third-order valence-electron chi connectivity index (χ3n) is 3.78. The van der Waals surface area contributed by atoms with Gasteiger partial charge in [0.05, 0.1) is 19.0 Å². The Morgan fingerprint density at radius 2 is 1.96 bits per heavy atom. The topological polar surface area (TPSA) is 51.1 Å². The largest absolute Gasteiger partial charge is 0.497 e. The van der Waals surface area contributed by atoms with Gasteiger partial charge in [0, 0.05) is 6.54 Å². The highest BCUT2D eigenvalue weighted by molar-refractivity contribution is 5.89. The molecule has 0 unspecified atom stereocenters. The minimum Gasteiger partial charge on any atom is -0.497 e. The zero-order chi connectivity index (χ0) is 16.1. The van der Waals surface area contributed by atoms with Crippen LogP contribution in [0.25, 0.3) is 0 Å². The summed E-state index contributed by atoms with van der Waals surface area (Å²) in [6, 6.07) is 15.2. The van der Waals surface area contributed by atoms with E-state index < -0.39 is 6.09 Å². The average Bonchev–Trinajstić information content (AvgIpc) is 2.61. The second-order valence-electron chi connectivity index (χ2n) is 5.25. The number of benzene rings is 2. The molecule has 0 N–H and O–H groups in total. The molecule has 0 spiro atoms. The van der Waals surface area contributed by atoms with Crippen LogP contribution in [-0.4, -0.2) is 26.0 Å². The summed E-state index contributed by atoms with van der Waals surface area (Å²) >= 11 is 0. The number of fused-ring (bicyclic) bond motifs is 1. The number of ether oxygens (including phenoxy) is 1. The summed E-state index contributed by atoms with van der Waals surface area (Å²) in [6.45, 7) is 0.647. The Kier molecular flexibility index (Phi) is 4.57. The normalized spacial score (nSPS) is 13.7. The number of hydrogen-bond donors (Lipinski definition) is 0. The van der Waals surface area contributed by atoms with Crippen LogP contribution in [0.5, 0.6) is 5.75 Å². The zero-order valence-corrected chi connectivity index (χ0v) is 12.9. The van der Waals surface area contributed by atoms with Gasteiger partial charge in [-0.2, -0.15) is 0 Å². The lowest BCUT2D eigenvalue weighted by atomic mass is 10.0. The van der Waals surface area contributed by atoms with Crippen molar-refractivity contribution in [3.63, 3.8) is 0 Å². The molecule has 2 aromatic carbocycles. The van der Waals surface area contributed by atoms with Gasteiger partial charge in [0.2, 0.25) is 0 Å². The number of rotatable bonds is 3. The molecule has 0 fully saturated rings. The summed E-state index contributed by atoms with van der Waals surface area (Å²) in [4.78, 5) is 18.9. The predicted octanol–water partition coefficient (Wildman–Crippen LogP) is 3.62. The van der Waals surface area contributed by atoms with Crippen LogP contribution in [0.4, 0.5) is 10.5 Å². The van der Waals surface area contributed by atoms with E-state index in [1.165, 1.54) is 6.21 Å². The first kappa shape index (κ1) is 15.1. The number of oxime groups is 1. The Balaban J connectivity index is 1.64. The van der Waals surface area contributed by atoms with Crippen molar-refractivity contribution in [2.24, 2.45) is 5.16 Å². The van der Waals surface area contributed by atoms with E-state index in [2.05, 4.69) is 5.16 Å². The van der Waals surface area contributed by atoms with E-state index in [1.54, 1.807) is 12.0 Å². The van der Waals surface area contributed by atoms with E-state index in [4.69, 9.17) is 9.57 Å². The number of carbonyl (C=O) groups is 1. The number of anilines is 1. The Morgan fingerprint density at radius 3 is 2.74 bits per heavy atom. The van der Waals surface area contributed by atoms with E-state index in [1.807, 2.05) is 48.5 Å². The first-order valence-corrected chi connectivity index (χ1v) is 7.52. The van der Waals surface area contributed by atoms with Gasteiger partial charge in [-0.05, 0) is 54.3 Å².